The Hall–Kier alpha value is -1.56. The zero-order valence-electron chi connectivity index (χ0n) is 9.93. The second kappa shape index (κ2) is 5.86. The van der Waals surface area contributed by atoms with Gasteiger partial charge in [-0.3, -0.25) is 0 Å². The zero-order chi connectivity index (χ0) is 13.0. The number of nitrogens with zero attached hydrogens (tertiary/aromatic N) is 1. The van der Waals surface area contributed by atoms with Crippen LogP contribution in [0.2, 0.25) is 0 Å². The molecule has 2 N–H and O–H groups in total. The van der Waals surface area contributed by atoms with E-state index in [9.17, 15) is 0 Å². The molecule has 0 unspecified atom stereocenters. The van der Waals surface area contributed by atoms with Crippen LogP contribution in [0.15, 0.2) is 53.5 Å². The van der Waals surface area contributed by atoms with E-state index in [1.165, 1.54) is 0 Å². The van der Waals surface area contributed by atoms with Gasteiger partial charge in [-0.25, -0.2) is 4.99 Å². The third-order valence-electron chi connectivity index (χ3n) is 2.48. The fourth-order valence-corrected chi connectivity index (χ4v) is 2.01. The lowest BCUT2D eigenvalue weighted by Crippen LogP contribution is -2.12. The lowest BCUT2D eigenvalue weighted by Gasteiger charge is -2.04. The molecule has 92 valence electrons. The first kappa shape index (κ1) is 12.9. The summed E-state index contributed by atoms with van der Waals surface area (Å²) < 4.78 is 6.18. The highest BCUT2D eigenvalue weighted by atomic mass is 127. The van der Waals surface area contributed by atoms with Crippen molar-refractivity contribution in [2.45, 2.75) is 0 Å². The summed E-state index contributed by atoms with van der Waals surface area (Å²) in [5.74, 6) is 1.31. The second-order valence-corrected chi connectivity index (χ2v) is 4.84. The number of para-hydroxylation sites is 1. The molecule has 2 aromatic rings. The largest absolute Gasteiger partial charge is 0.497 e. The summed E-state index contributed by atoms with van der Waals surface area (Å²) in [4.78, 5) is 4.43. The quantitative estimate of drug-likeness (QED) is 0.523. The van der Waals surface area contributed by atoms with Gasteiger partial charge in [0.05, 0.1) is 12.8 Å². The molecule has 0 aliphatic carbocycles. The number of halogens is 1. The topological polar surface area (TPSA) is 47.6 Å². The first-order chi connectivity index (χ1) is 8.70. The SMILES string of the molecule is COc1ccc(C(N)=Nc2ccccc2I)cc1. The number of aliphatic imine (C=N–C) groups is 1. The number of ether oxygens (including phenoxy) is 1. The normalized spacial score (nSPS) is 11.3. The van der Waals surface area contributed by atoms with Gasteiger partial charge in [0, 0.05) is 9.13 Å². The lowest BCUT2D eigenvalue weighted by molar-refractivity contribution is 0.415. The molecule has 0 spiro atoms. The molecule has 2 aromatic carbocycles. The number of amidine groups is 1. The van der Waals surface area contributed by atoms with Gasteiger partial charge in [0.1, 0.15) is 11.6 Å². The summed E-state index contributed by atoms with van der Waals surface area (Å²) in [5, 5.41) is 0. The minimum atomic E-state index is 0.502. The van der Waals surface area contributed by atoms with Gasteiger partial charge < -0.3 is 10.5 Å². The Labute approximate surface area is 120 Å². The summed E-state index contributed by atoms with van der Waals surface area (Å²) in [6, 6.07) is 15.4. The minimum absolute atomic E-state index is 0.502. The van der Waals surface area contributed by atoms with E-state index < -0.39 is 0 Å². The van der Waals surface area contributed by atoms with E-state index >= 15 is 0 Å². The second-order valence-electron chi connectivity index (χ2n) is 3.68. The van der Waals surface area contributed by atoms with Gasteiger partial charge in [-0.15, -0.1) is 0 Å². The summed E-state index contributed by atoms with van der Waals surface area (Å²) in [5.41, 5.74) is 7.76. The highest BCUT2D eigenvalue weighted by Gasteiger charge is 2.01. The van der Waals surface area contributed by atoms with Crippen LogP contribution in [0.25, 0.3) is 0 Å². The van der Waals surface area contributed by atoms with E-state index in [0.717, 1.165) is 20.6 Å². The van der Waals surface area contributed by atoms with Crippen molar-refractivity contribution in [3.05, 3.63) is 57.7 Å². The highest BCUT2D eigenvalue weighted by Crippen LogP contribution is 2.21. The first-order valence-corrected chi connectivity index (χ1v) is 6.51. The molecule has 0 heterocycles. The van der Waals surface area contributed by atoms with Gasteiger partial charge >= 0.3 is 0 Å². The fraction of sp³-hybridized carbons (Fsp3) is 0.0714. The standard InChI is InChI=1S/C14H13IN2O/c1-18-11-8-6-10(7-9-11)14(16)17-13-5-3-2-4-12(13)15/h2-9H,1H3,(H2,16,17). The molecule has 0 saturated heterocycles. The molecule has 18 heavy (non-hydrogen) atoms. The van der Waals surface area contributed by atoms with Crippen molar-refractivity contribution in [3.8, 4) is 5.75 Å². The van der Waals surface area contributed by atoms with Gasteiger partial charge in [0.25, 0.3) is 0 Å². The minimum Gasteiger partial charge on any atom is -0.497 e. The van der Waals surface area contributed by atoms with Gasteiger partial charge in [0.15, 0.2) is 0 Å². The molecule has 2 rings (SSSR count). The molecule has 0 fully saturated rings. The molecule has 0 bridgehead atoms. The summed E-state index contributed by atoms with van der Waals surface area (Å²) in [6.45, 7) is 0. The van der Waals surface area contributed by atoms with Crippen molar-refractivity contribution in [1.82, 2.24) is 0 Å². The smallest absolute Gasteiger partial charge is 0.131 e. The van der Waals surface area contributed by atoms with E-state index in [1.54, 1.807) is 7.11 Å². The van der Waals surface area contributed by atoms with Crippen molar-refractivity contribution >= 4 is 34.1 Å². The number of benzene rings is 2. The van der Waals surface area contributed by atoms with E-state index in [4.69, 9.17) is 10.5 Å². The maximum absolute atomic E-state index is 5.99. The van der Waals surface area contributed by atoms with Crippen LogP contribution in [0.4, 0.5) is 5.69 Å². The van der Waals surface area contributed by atoms with Gasteiger partial charge in [-0.1, -0.05) is 12.1 Å². The number of methoxy groups -OCH3 is 1. The molecule has 3 nitrogen and oxygen atoms in total. The van der Waals surface area contributed by atoms with Gasteiger partial charge in [0.2, 0.25) is 0 Å². The fourth-order valence-electron chi connectivity index (χ4n) is 1.50. The predicted octanol–water partition coefficient (Wildman–Crippen LogP) is 3.34. The molecule has 0 atom stereocenters. The van der Waals surface area contributed by atoms with Crippen LogP contribution in [0, 0.1) is 3.57 Å². The number of hydrogen-bond donors (Lipinski definition) is 1. The molecule has 0 saturated carbocycles. The number of rotatable bonds is 3. The van der Waals surface area contributed by atoms with Crippen molar-refractivity contribution in [2.24, 2.45) is 10.7 Å². The monoisotopic (exact) mass is 352 g/mol. The maximum atomic E-state index is 5.99. The van der Waals surface area contributed by atoms with Crippen molar-refractivity contribution in [2.75, 3.05) is 7.11 Å². The molecule has 0 aliphatic heterocycles. The van der Waals surface area contributed by atoms with E-state index in [0.29, 0.717) is 5.84 Å². The van der Waals surface area contributed by atoms with Crippen LogP contribution in [-0.4, -0.2) is 12.9 Å². The molecular formula is C14H13IN2O. The van der Waals surface area contributed by atoms with Crippen molar-refractivity contribution in [1.29, 1.82) is 0 Å². The van der Waals surface area contributed by atoms with E-state index in [-0.39, 0.29) is 0 Å². The van der Waals surface area contributed by atoms with Crippen LogP contribution in [0.3, 0.4) is 0 Å². The maximum Gasteiger partial charge on any atom is 0.131 e. The van der Waals surface area contributed by atoms with Crippen LogP contribution in [-0.2, 0) is 0 Å². The van der Waals surface area contributed by atoms with Crippen molar-refractivity contribution < 1.29 is 4.74 Å². The number of hydrogen-bond acceptors (Lipinski definition) is 2. The summed E-state index contributed by atoms with van der Waals surface area (Å²) in [7, 11) is 1.64. The molecule has 0 amide bonds. The van der Waals surface area contributed by atoms with Gasteiger partial charge in [-0.05, 0) is 59.0 Å². The average molecular weight is 352 g/mol. The summed E-state index contributed by atoms with van der Waals surface area (Å²) >= 11 is 2.24. The summed E-state index contributed by atoms with van der Waals surface area (Å²) in [6.07, 6.45) is 0. The van der Waals surface area contributed by atoms with Crippen LogP contribution in [0.5, 0.6) is 5.75 Å². The average Bonchev–Trinajstić information content (AvgIpc) is 2.41. The van der Waals surface area contributed by atoms with Crippen LogP contribution in [0.1, 0.15) is 5.56 Å². The Bertz CT molecular complexity index is 564. The lowest BCUT2D eigenvalue weighted by atomic mass is 10.2. The Morgan fingerprint density at radius 3 is 2.39 bits per heavy atom. The van der Waals surface area contributed by atoms with Crippen molar-refractivity contribution in [3.63, 3.8) is 0 Å². The highest BCUT2D eigenvalue weighted by molar-refractivity contribution is 14.1. The van der Waals surface area contributed by atoms with Crippen LogP contribution >= 0.6 is 22.6 Å². The molecular weight excluding hydrogens is 339 g/mol. The van der Waals surface area contributed by atoms with E-state index in [2.05, 4.69) is 27.6 Å². The van der Waals surface area contributed by atoms with E-state index in [1.807, 2.05) is 48.5 Å². The third-order valence-corrected chi connectivity index (χ3v) is 3.39. The Morgan fingerprint density at radius 2 is 1.78 bits per heavy atom. The molecule has 4 heteroatoms. The Balaban J connectivity index is 2.30. The molecule has 0 aromatic heterocycles. The zero-order valence-corrected chi connectivity index (χ0v) is 12.1. The number of nitrogens with two attached hydrogens (primary N) is 1. The third kappa shape index (κ3) is 3.01. The Kier molecular flexibility index (Phi) is 4.19. The van der Waals surface area contributed by atoms with Gasteiger partial charge in [-0.2, -0.15) is 0 Å². The van der Waals surface area contributed by atoms with Crippen LogP contribution < -0.4 is 10.5 Å². The Morgan fingerprint density at radius 1 is 1.11 bits per heavy atom. The predicted molar refractivity (Wildman–Crippen MR) is 82.5 cm³/mol. The molecule has 0 radical (unpaired) electrons. The molecule has 0 aliphatic rings. The first-order valence-electron chi connectivity index (χ1n) is 5.44.